The molecule has 6 nitrogen and oxygen atoms in total. The van der Waals surface area contributed by atoms with Crippen LogP contribution in [0.3, 0.4) is 0 Å². The Labute approximate surface area is 129 Å². The second-order valence-corrected chi connectivity index (χ2v) is 5.04. The highest BCUT2D eigenvalue weighted by Gasteiger charge is 2.12. The van der Waals surface area contributed by atoms with Gasteiger partial charge in [0.25, 0.3) is 0 Å². The van der Waals surface area contributed by atoms with Crippen LogP contribution in [0.15, 0.2) is 22.9 Å². The van der Waals surface area contributed by atoms with Crippen molar-refractivity contribution in [2.24, 2.45) is 0 Å². The van der Waals surface area contributed by atoms with E-state index in [0.717, 1.165) is 36.3 Å². The largest absolute Gasteiger partial charge is 0.465 e. The lowest BCUT2D eigenvalue weighted by atomic mass is 10.1. The second kappa shape index (κ2) is 7.59. The zero-order valence-corrected chi connectivity index (χ0v) is 13.2. The van der Waals surface area contributed by atoms with Gasteiger partial charge in [0.2, 0.25) is 0 Å². The highest BCUT2D eigenvalue weighted by molar-refractivity contribution is 5.89. The monoisotopic (exact) mass is 303 g/mol. The molecular formula is C16H21N3O3. The molecule has 0 saturated heterocycles. The first-order valence-corrected chi connectivity index (χ1v) is 7.38. The molecule has 0 amide bonds. The molecule has 118 valence electrons. The second-order valence-electron chi connectivity index (χ2n) is 5.04. The van der Waals surface area contributed by atoms with Gasteiger partial charge in [0.15, 0.2) is 0 Å². The number of nitrogens with one attached hydrogen (secondary N) is 1. The zero-order chi connectivity index (χ0) is 15.9. The van der Waals surface area contributed by atoms with Crippen molar-refractivity contribution in [3.63, 3.8) is 0 Å². The van der Waals surface area contributed by atoms with Crippen molar-refractivity contribution in [1.82, 2.24) is 10.1 Å². The number of carbonyl (C=O) groups is 1. The maximum atomic E-state index is 11.4. The Morgan fingerprint density at radius 2 is 2.23 bits per heavy atom. The minimum atomic E-state index is -0.393. The molecule has 0 unspecified atom stereocenters. The fourth-order valence-electron chi connectivity index (χ4n) is 2.12. The van der Waals surface area contributed by atoms with Crippen LogP contribution in [-0.2, 0) is 17.7 Å². The number of esters is 1. The fourth-order valence-corrected chi connectivity index (χ4v) is 2.12. The summed E-state index contributed by atoms with van der Waals surface area (Å²) in [7, 11) is 1.35. The minimum absolute atomic E-state index is 0.393. The number of rotatable bonds is 7. The van der Waals surface area contributed by atoms with Crippen molar-refractivity contribution in [1.29, 1.82) is 0 Å². The quantitative estimate of drug-likeness (QED) is 0.792. The summed E-state index contributed by atoms with van der Waals surface area (Å²) in [5.41, 5.74) is 2.50. The lowest BCUT2D eigenvalue weighted by Crippen LogP contribution is -2.06. The summed E-state index contributed by atoms with van der Waals surface area (Å²) >= 11 is 0. The summed E-state index contributed by atoms with van der Waals surface area (Å²) in [5, 5.41) is 7.34. The van der Waals surface area contributed by atoms with Gasteiger partial charge in [-0.3, -0.25) is 0 Å². The first-order valence-electron chi connectivity index (χ1n) is 7.38. The van der Waals surface area contributed by atoms with Gasteiger partial charge in [-0.15, -0.1) is 0 Å². The summed E-state index contributed by atoms with van der Waals surface area (Å²) in [4.78, 5) is 15.6. The van der Waals surface area contributed by atoms with Gasteiger partial charge in [0, 0.05) is 18.3 Å². The number of aryl methyl sites for hydroxylation is 2. The molecule has 2 aromatic rings. The van der Waals surface area contributed by atoms with Crippen LogP contribution in [-0.4, -0.2) is 23.2 Å². The van der Waals surface area contributed by atoms with Crippen LogP contribution in [0.1, 0.15) is 47.1 Å². The average Bonchev–Trinajstić information content (AvgIpc) is 2.90. The summed E-state index contributed by atoms with van der Waals surface area (Å²) in [6.45, 7) is 4.66. The van der Waals surface area contributed by atoms with E-state index in [2.05, 4.69) is 27.1 Å². The van der Waals surface area contributed by atoms with Crippen LogP contribution in [0, 0.1) is 6.92 Å². The molecule has 0 spiro atoms. The molecule has 0 aliphatic rings. The molecule has 0 aromatic carbocycles. The van der Waals surface area contributed by atoms with E-state index in [1.165, 1.54) is 13.3 Å². The predicted octanol–water partition coefficient (Wildman–Crippen LogP) is 3.12. The van der Waals surface area contributed by atoms with Gasteiger partial charge >= 0.3 is 5.97 Å². The van der Waals surface area contributed by atoms with Gasteiger partial charge in [-0.2, -0.15) is 0 Å². The number of ether oxygens (including phenoxy) is 1. The van der Waals surface area contributed by atoms with Gasteiger partial charge in [0.05, 0.1) is 18.4 Å². The standard InChI is InChI=1S/C16H21N3O3/c1-4-5-6-14-13(11(2)22-19-14)10-18-15-8-7-12(9-17-15)16(20)21-3/h7-9H,4-6,10H2,1-3H3,(H,17,18). The lowest BCUT2D eigenvalue weighted by Gasteiger charge is -2.06. The average molecular weight is 303 g/mol. The fraction of sp³-hybridized carbons (Fsp3) is 0.438. The molecule has 0 aliphatic heterocycles. The van der Waals surface area contributed by atoms with Gasteiger partial charge in [-0.25, -0.2) is 9.78 Å². The van der Waals surface area contributed by atoms with E-state index in [-0.39, 0.29) is 0 Å². The maximum absolute atomic E-state index is 11.4. The SMILES string of the molecule is CCCCc1noc(C)c1CNc1ccc(C(=O)OC)cn1. The molecule has 0 saturated carbocycles. The van der Waals surface area contributed by atoms with Gasteiger partial charge in [-0.05, 0) is 31.9 Å². The van der Waals surface area contributed by atoms with Crippen molar-refractivity contribution in [2.45, 2.75) is 39.7 Å². The predicted molar refractivity (Wildman–Crippen MR) is 82.8 cm³/mol. The molecule has 2 rings (SSSR count). The molecular weight excluding hydrogens is 282 g/mol. The molecule has 6 heteroatoms. The minimum Gasteiger partial charge on any atom is -0.465 e. The first kappa shape index (κ1) is 16.0. The molecule has 2 heterocycles. The molecule has 0 bridgehead atoms. The van der Waals surface area contributed by atoms with Crippen LogP contribution in [0.4, 0.5) is 5.82 Å². The topological polar surface area (TPSA) is 77.2 Å². The Morgan fingerprint density at radius 3 is 2.86 bits per heavy atom. The third-order valence-electron chi connectivity index (χ3n) is 3.46. The van der Waals surface area contributed by atoms with Crippen LogP contribution >= 0.6 is 0 Å². The van der Waals surface area contributed by atoms with Crippen LogP contribution in [0.2, 0.25) is 0 Å². The highest BCUT2D eigenvalue weighted by Crippen LogP contribution is 2.17. The highest BCUT2D eigenvalue weighted by atomic mass is 16.5. The Bertz CT molecular complexity index is 620. The van der Waals surface area contributed by atoms with Gasteiger partial charge in [0.1, 0.15) is 11.6 Å². The van der Waals surface area contributed by atoms with Gasteiger partial charge < -0.3 is 14.6 Å². The maximum Gasteiger partial charge on any atom is 0.339 e. The number of unbranched alkanes of at least 4 members (excludes halogenated alkanes) is 1. The van der Waals surface area contributed by atoms with E-state index < -0.39 is 5.97 Å². The summed E-state index contributed by atoms with van der Waals surface area (Å²) in [5.74, 6) is 1.12. The van der Waals surface area contributed by atoms with Crippen LogP contribution in [0.5, 0.6) is 0 Å². The Morgan fingerprint density at radius 1 is 1.41 bits per heavy atom. The van der Waals surface area contributed by atoms with Crippen molar-refractivity contribution in [3.05, 3.63) is 40.9 Å². The van der Waals surface area contributed by atoms with E-state index in [4.69, 9.17) is 4.52 Å². The molecule has 2 aromatic heterocycles. The van der Waals surface area contributed by atoms with E-state index in [1.807, 2.05) is 6.92 Å². The van der Waals surface area contributed by atoms with E-state index in [9.17, 15) is 4.79 Å². The number of pyridine rings is 1. The van der Waals surface area contributed by atoms with E-state index in [0.29, 0.717) is 17.9 Å². The number of anilines is 1. The van der Waals surface area contributed by atoms with Crippen molar-refractivity contribution in [3.8, 4) is 0 Å². The molecule has 0 radical (unpaired) electrons. The molecule has 0 aliphatic carbocycles. The number of carbonyl (C=O) groups excluding carboxylic acids is 1. The number of aromatic nitrogens is 2. The van der Waals surface area contributed by atoms with Crippen molar-refractivity contribution < 1.29 is 14.1 Å². The van der Waals surface area contributed by atoms with E-state index in [1.54, 1.807) is 12.1 Å². The Hall–Kier alpha value is -2.37. The van der Waals surface area contributed by atoms with Crippen molar-refractivity contribution in [2.75, 3.05) is 12.4 Å². The number of hydrogen-bond donors (Lipinski definition) is 1. The third-order valence-corrected chi connectivity index (χ3v) is 3.46. The summed E-state index contributed by atoms with van der Waals surface area (Å²) in [6.07, 6.45) is 4.62. The van der Waals surface area contributed by atoms with Crippen LogP contribution < -0.4 is 5.32 Å². The van der Waals surface area contributed by atoms with Gasteiger partial charge in [-0.1, -0.05) is 18.5 Å². The number of hydrogen-bond acceptors (Lipinski definition) is 6. The number of methoxy groups -OCH3 is 1. The Balaban J connectivity index is 2.01. The molecule has 1 N–H and O–H groups in total. The smallest absolute Gasteiger partial charge is 0.339 e. The molecule has 0 fully saturated rings. The normalized spacial score (nSPS) is 10.5. The first-order chi connectivity index (χ1) is 10.7. The number of nitrogens with zero attached hydrogens (tertiary/aromatic N) is 2. The zero-order valence-electron chi connectivity index (χ0n) is 13.2. The summed E-state index contributed by atoms with van der Waals surface area (Å²) < 4.78 is 9.92. The van der Waals surface area contributed by atoms with Crippen LogP contribution in [0.25, 0.3) is 0 Å². The Kier molecular flexibility index (Phi) is 5.52. The summed E-state index contributed by atoms with van der Waals surface area (Å²) in [6, 6.07) is 3.43. The molecule has 0 atom stereocenters. The van der Waals surface area contributed by atoms with E-state index >= 15 is 0 Å². The lowest BCUT2D eigenvalue weighted by molar-refractivity contribution is 0.0600. The molecule has 22 heavy (non-hydrogen) atoms. The third kappa shape index (κ3) is 3.84. The van der Waals surface area contributed by atoms with Crippen molar-refractivity contribution >= 4 is 11.8 Å².